The third-order valence-electron chi connectivity index (χ3n) is 2.14. The van der Waals surface area contributed by atoms with Gasteiger partial charge in [0.1, 0.15) is 0 Å². The van der Waals surface area contributed by atoms with E-state index in [1.807, 2.05) is 6.92 Å². The fourth-order valence-electron chi connectivity index (χ4n) is 1.45. The van der Waals surface area contributed by atoms with Gasteiger partial charge in [-0.3, -0.25) is 10.2 Å². The van der Waals surface area contributed by atoms with Gasteiger partial charge in [0, 0.05) is 16.6 Å². The number of nitrogens with two attached hydrogens (primary N) is 1. The number of rotatable bonds is 3. The minimum absolute atomic E-state index is 0. The van der Waals surface area contributed by atoms with E-state index in [-0.39, 0.29) is 18.4 Å². The summed E-state index contributed by atoms with van der Waals surface area (Å²) in [6.07, 6.45) is 2.48. The summed E-state index contributed by atoms with van der Waals surface area (Å²) in [6, 6.07) is 1.73. The van der Waals surface area contributed by atoms with Crippen LogP contribution in [-0.2, 0) is 0 Å². The van der Waals surface area contributed by atoms with Gasteiger partial charge < -0.3 is 16.0 Å². The number of nitrogens with one attached hydrogen (secondary N) is 3. The van der Waals surface area contributed by atoms with Crippen LogP contribution < -0.4 is 11.1 Å². The lowest BCUT2D eigenvalue weighted by molar-refractivity contribution is 0.111. The van der Waals surface area contributed by atoms with Crippen molar-refractivity contribution >= 4 is 41.1 Å². The molecule has 96 valence electrons. The van der Waals surface area contributed by atoms with Gasteiger partial charge in [-0.2, -0.15) is 0 Å². The van der Waals surface area contributed by atoms with Gasteiger partial charge in [0.2, 0.25) is 0 Å². The van der Waals surface area contributed by atoms with E-state index in [9.17, 15) is 4.79 Å². The monoisotopic (exact) mass is 285 g/mol. The first-order valence-corrected chi connectivity index (χ1v) is 5.64. The number of H-pyrrole nitrogens is 1. The van der Waals surface area contributed by atoms with Crippen molar-refractivity contribution in [2.45, 2.75) is 6.92 Å². The molecule has 2 aromatic rings. The van der Waals surface area contributed by atoms with Crippen molar-refractivity contribution in [1.29, 1.82) is 5.41 Å². The predicted molar refractivity (Wildman–Crippen MR) is 74.8 cm³/mol. The van der Waals surface area contributed by atoms with Crippen molar-refractivity contribution in [2.24, 2.45) is 5.73 Å². The molecule has 0 atom stereocenters. The first-order chi connectivity index (χ1) is 8.10. The summed E-state index contributed by atoms with van der Waals surface area (Å²) in [4.78, 5) is 18.7. The maximum Gasteiger partial charge on any atom is 0.192 e. The van der Waals surface area contributed by atoms with E-state index in [0.717, 1.165) is 22.4 Å². The number of anilines is 1. The highest BCUT2D eigenvalue weighted by Gasteiger charge is 2.11. The highest BCUT2D eigenvalue weighted by molar-refractivity contribution is 7.16. The summed E-state index contributed by atoms with van der Waals surface area (Å²) in [5, 5.41) is 10.3. The number of aromatic nitrogens is 2. The van der Waals surface area contributed by atoms with Crippen LogP contribution in [0.5, 0.6) is 0 Å². The molecule has 0 saturated heterocycles. The van der Waals surface area contributed by atoms with Crippen molar-refractivity contribution in [3.05, 3.63) is 22.8 Å². The average Bonchev–Trinajstić information content (AvgIpc) is 2.83. The zero-order chi connectivity index (χ0) is 12.4. The molecule has 2 aromatic heterocycles. The molecule has 0 amide bonds. The number of hydrogen-bond acceptors (Lipinski definition) is 4. The Morgan fingerprint density at radius 2 is 2.39 bits per heavy atom. The van der Waals surface area contributed by atoms with Crippen LogP contribution in [0.1, 0.15) is 15.4 Å². The van der Waals surface area contributed by atoms with Crippen LogP contribution in [0.4, 0.5) is 5.13 Å². The fourth-order valence-corrected chi connectivity index (χ4v) is 2.30. The summed E-state index contributed by atoms with van der Waals surface area (Å²) < 4.78 is 0. The second-order valence-corrected chi connectivity index (χ2v) is 4.63. The Labute approximate surface area is 114 Å². The first-order valence-electron chi connectivity index (χ1n) is 4.82. The number of halogens is 1. The van der Waals surface area contributed by atoms with E-state index < -0.39 is 0 Å². The molecule has 0 radical (unpaired) electrons. The van der Waals surface area contributed by atoms with Crippen molar-refractivity contribution in [3.63, 3.8) is 0 Å². The summed E-state index contributed by atoms with van der Waals surface area (Å²) in [7, 11) is 0. The number of guanidine groups is 1. The van der Waals surface area contributed by atoms with Crippen LogP contribution in [0.3, 0.4) is 0 Å². The molecule has 0 saturated carbocycles. The van der Waals surface area contributed by atoms with Crippen LogP contribution in [-0.4, -0.2) is 22.2 Å². The number of hydrogen-bond donors (Lipinski definition) is 4. The van der Waals surface area contributed by atoms with Crippen LogP contribution >= 0.6 is 23.7 Å². The smallest absolute Gasteiger partial charge is 0.192 e. The van der Waals surface area contributed by atoms with Crippen LogP contribution in [0, 0.1) is 12.3 Å². The van der Waals surface area contributed by atoms with E-state index in [4.69, 9.17) is 11.1 Å². The number of carbonyl (C=O) groups is 1. The fraction of sp³-hybridized carbons (Fsp3) is 0.100. The van der Waals surface area contributed by atoms with Crippen LogP contribution in [0.2, 0.25) is 0 Å². The Hall–Kier alpha value is -1.86. The number of thiazole rings is 1. The number of carbonyl (C=O) groups excluding carboxylic acids is 1. The average molecular weight is 286 g/mol. The van der Waals surface area contributed by atoms with Crippen molar-refractivity contribution in [1.82, 2.24) is 9.97 Å². The van der Waals surface area contributed by atoms with Gasteiger partial charge in [0.05, 0.1) is 11.4 Å². The molecule has 0 spiro atoms. The molecule has 0 fully saturated rings. The maximum atomic E-state index is 10.6. The normalized spacial score (nSPS) is 9.61. The maximum absolute atomic E-state index is 10.6. The lowest BCUT2D eigenvalue weighted by Crippen LogP contribution is -2.20. The van der Waals surface area contributed by atoms with Gasteiger partial charge >= 0.3 is 0 Å². The molecule has 18 heavy (non-hydrogen) atoms. The third-order valence-corrected chi connectivity index (χ3v) is 3.03. The third kappa shape index (κ3) is 2.88. The first kappa shape index (κ1) is 14.2. The van der Waals surface area contributed by atoms with Gasteiger partial charge in [-0.1, -0.05) is 0 Å². The molecule has 2 rings (SSSR count). The van der Waals surface area contributed by atoms with E-state index in [2.05, 4.69) is 15.3 Å². The quantitative estimate of drug-likeness (QED) is 0.393. The zero-order valence-electron chi connectivity index (χ0n) is 9.48. The molecular weight excluding hydrogens is 274 g/mol. The highest BCUT2D eigenvalue weighted by atomic mass is 35.5. The predicted octanol–water partition coefficient (Wildman–Crippen LogP) is 1.99. The second kappa shape index (κ2) is 5.65. The minimum atomic E-state index is -0.145. The summed E-state index contributed by atoms with van der Waals surface area (Å²) >= 11 is 1.41. The van der Waals surface area contributed by atoms with Gasteiger partial charge in [0.15, 0.2) is 17.4 Å². The van der Waals surface area contributed by atoms with Gasteiger partial charge in [0.25, 0.3) is 0 Å². The van der Waals surface area contributed by atoms with Crippen LogP contribution in [0.15, 0.2) is 12.3 Å². The lowest BCUT2D eigenvalue weighted by atomic mass is 10.2. The molecule has 5 N–H and O–H groups in total. The Kier molecular flexibility index (Phi) is 4.46. The van der Waals surface area contributed by atoms with E-state index >= 15 is 0 Å². The van der Waals surface area contributed by atoms with Crippen LogP contribution in [0.25, 0.3) is 11.3 Å². The van der Waals surface area contributed by atoms with Gasteiger partial charge in [-0.15, -0.1) is 23.7 Å². The second-order valence-electron chi connectivity index (χ2n) is 3.42. The van der Waals surface area contributed by atoms with Crippen molar-refractivity contribution in [2.75, 3.05) is 5.32 Å². The molecule has 0 aromatic carbocycles. The Bertz CT molecular complexity index is 577. The molecule has 0 aliphatic heterocycles. The number of nitrogens with zero attached hydrogens (tertiary/aromatic N) is 1. The van der Waals surface area contributed by atoms with E-state index in [0.29, 0.717) is 10.8 Å². The Morgan fingerprint density at radius 3 is 2.94 bits per heavy atom. The highest BCUT2D eigenvalue weighted by Crippen LogP contribution is 2.30. The Balaban J connectivity index is 0.00000162. The molecular formula is C10H12ClN5OS. The topological polar surface area (TPSA) is 108 Å². The molecule has 8 heteroatoms. The largest absolute Gasteiger partial charge is 0.370 e. The molecule has 0 unspecified atom stereocenters. The number of aryl methyl sites for hydroxylation is 1. The Morgan fingerprint density at radius 1 is 1.67 bits per heavy atom. The van der Waals surface area contributed by atoms with Crippen molar-refractivity contribution < 1.29 is 4.79 Å². The van der Waals surface area contributed by atoms with Gasteiger partial charge in [-0.25, -0.2) is 4.98 Å². The molecule has 0 aliphatic rings. The van der Waals surface area contributed by atoms with Gasteiger partial charge in [-0.05, 0) is 13.0 Å². The summed E-state index contributed by atoms with van der Waals surface area (Å²) in [5.41, 5.74) is 7.37. The minimum Gasteiger partial charge on any atom is -0.370 e. The number of aromatic amines is 1. The van der Waals surface area contributed by atoms with E-state index in [1.165, 1.54) is 11.3 Å². The SMILES string of the molecule is Cc1sc(NC(=N)N)nc1-c1c[nH]c(C=O)c1.Cl. The molecule has 0 aliphatic carbocycles. The molecule has 2 heterocycles. The molecule has 0 bridgehead atoms. The van der Waals surface area contributed by atoms with E-state index in [1.54, 1.807) is 12.3 Å². The summed E-state index contributed by atoms with van der Waals surface area (Å²) in [6.45, 7) is 1.92. The summed E-state index contributed by atoms with van der Waals surface area (Å²) in [5.74, 6) is -0.145. The standard InChI is InChI=1S/C10H11N5OS.ClH/c1-5-8(6-2-7(4-16)13-3-6)14-10(17-5)15-9(11)12;/h2-4,13H,1H3,(H4,11,12,14,15);1H. The zero-order valence-corrected chi connectivity index (χ0v) is 11.1. The lowest BCUT2D eigenvalue weighted by Gasteiger charge is -1.95. The molecule has 6 nitrogen and oxygen atoms in total. The number of aldehydes is 1. The van der Waals surface area contributed by atoms with Crippen molar-refractivity contribution in [3.8, 4) is 11.3 Å².